The van der Waals surface area contributed by atoms with Crippen LogP contribution >= 0.6 is 0 Å². The molecular weight excluding hydrogens is 222 g/mol. The Morgan fingerprint density at radius 2 is 2.06 bits per heavy atom. The minimum absolute atomic E-state index is 0.140. The smallest absolute Gasteiger partial charge is 0.0951 e. The quantitative estimate of drug-likeness (QED) is 0.862. The van der Waals surface area contributed by atoms with Crippen molar-refractivity contribution in [3.63, 3.8) is 0 Å². The highest BCUT2D eigenvalue weighted by atomic mass is 15.1. The molecule has 0 bridgehead atoms. The number of hydrogen-bond donors (Lipinski definition) is 1. The first-order valence-corrected chi connectivity index (χ1v) is 7.53. The fraction of sp³-hybridized carbons (Fsp3) is 0.800. The van der Waals surface area contributed by atoms with Gasteiger partial charge >= 0.3 is 0 Å². The molecule has 1 aromatic rings. The molecule has 0 radical (unpaired) electrons. The highest BCUT2D eigenvalue weighted by Gasteiger charge is 2.24. The minimum atomic E-state index is 0.140. The van der Waals surface area contributed by atoms with E-state index < -0.39 is 0 Å². The highest BCUT2D eigenvalue weighted by molar-refractivity contribution is 5.06. The third-order valence-electron chi connectivity index (χ3n) is 4.42. The van der Waals surface area contributed by atoms with E-state index >= 15 is 0 Å². The second kappa shape index (κ2) is 6.37. The molecule has 0 aromatic carbocycles. The van der Waals surface area contributed by atoms with Crippen LogP contribution in [-0.2, 0) is 0 Å². The normalized spacial score (nSPS) is 26.2. The van der Waals surface area contributed by atoms with Gasteiger partial charge in [0.15, 0.2) is 0 Å². The van der Waals surface area contributed by atoms with Gasteiger partial charge in [-0.3, -0.25) is 0 Å². The van der Waals surface area contributed by atoms with Gasteiger partial charge in [-0.2, -0.15) is 0 Å². The standard InChI is InChI=1S/C15H27N3/c1-3-5-12-6-8-13(9-7-12)18-11-17-10-15(18)14(16)4-2/h10-14H,3-9,16H2,1-2H3/t12?,13?,14-/m1/s1. The van der Waals surface area contributed by atoms with Crippen LogP contribution in [0.15, 0.2) is 12.5 Å². The molecule has 2 N–H and O–H groups in total. The number of hydrogen-bond acceptors (Lipinski definition) is 2. The third-order valence-corrected chi connectivity index (χ3v) is 4.42. The molecule has 102 valence electrons. The van der Waals surface area contributed by atoms with Crippen LogP contribution in [0.1, 0.15) is 76.6 Å². The van der Waals surface area contributed by atoms with Crippen LogP contribution in [-0.4, -0.2) is 9.55 Å². The second-order valence-electron chi connectivity index (χ2n) is 5.70. The fourth-order valence-corrected chi connectivity index (χ4v) is 3.24. The van der Waals surface area contributed by atoms with E-state index in [1.165, 1.54) is 44.2 Å². The predicted molar refractivity (Wildman–Crippen MR) is 75.3 cm³/mol. The molecule has 1 aliphatic carbocycles. The molecule has 1 saturated carbocycles. The third kappa shape index (κ3) is 2.94. The summed E-state index contributed by atoms with van der Waals surface area (Å²) < 4.78 is 2.34. The predicted octanol–water partition coefficient (Wildman–Crippen LogP) is 3.82. The van der Waals surface area contributed by atoms with E-state index in [-0.39, 0.29) is 6.04 Å². The van der Waals surface area contributed by atoms with Crippen molar-refractivity contribution in [2.24, 2.45) is 11.7 Å². The number of nitrogens with two attached hydrogens (primary N) is 1. The summed E-state index contributed by atoms with van der Waals surface area (Å²) in [5.74, 6) is 0.957. The molecule has 0 amide bonds. The van der Waals surface area contributed by atoms with Crippen LogP contribution in [0.25, 0.3) is 0 Å². The maximum atomic E-state index is 6.16. The summed E-state index contributed by atoms with van der Waals surface area (Å²) in [6.07, 6.45) is 13.0. The minimum Gasteiger partial charge on any atom is -0.330 e. The van der Waals surface area contributed by atoms with Gasteiger partial charge in [0.2, 0.25) is 0 Å². The van der Waals surface area contributed by atoms with E-state index in [9.17, 15) is 0 Å². The van der Waals surface area contributed by atoms with Crippen molar-refractivity contribution in [2.75, 3.05) is 0 Å². The molecule has 0 unspecified atom stereocenters. The summed E-state index contributed by atoms with van der Waals surface area (Å²) in [4.78, 5) is 4.30. The van der Waals surface area contributed by atoms with Crippen LogP contribution in [0.3, 0.4) is 0 Å². The van der Waals surface area contributed by atoms with E-state index in [1.54, 1.807) is 0 Å². The Hall–Kier alpha value is -0.830. The summed E-state index contributed by atoms with van der Waals surface area (Å²) in [5.41, 5.74) is 7.38. The van der Waals surface area contributed by atoms with Gasteiger partial charge in [-0.25, -0.2) is 4.98 Å². The Morgan fingerprint density at radius 1 is 1.33 bits per heavy atom. The van der Waals surface area contributed by atoms with Crippen LogP contribution < -0.4 is 5.73 Å². The number of imidazole rings is 1. The average Bonchev–Trinajstić information content (AvgIpc) is 2.88. The lowest BCUT2D eigenvalue weighted by Crippen LogP contribution is -2.22. The number of nitrogens with zero attached hydrogens (tertiary/aromatic N) is 2. The van der Waals surface area contributed by atoms with Gasteiger partial charge in [-0.1, -0.05) is 26.7 Å². The fourth-order valence-electron chi connectivity index (χ4n) is 3.24. The largest absolute Gasteiger partial charge is 0.330 e. The Kier molecular flexibility index (Phi) is 4.81. The molecule has 1 fully saturated rings. The Balaban J connectivity index is 1.99. The molecule has 1 aliphatic rings. The molecule has 18 heavy (non-hydrogen) atoms. The van der Waals surface area contributed by atoms with E-state index in [0.29, 0.717) is 6.04 Å². The number of rotatable bonds is 5. The summed E-state index contributed by atoms with van der Waals surface area (Å²) in [5, 5.41) is 0. The lowest BCUT2D eigenvalue weighted by molar-refractivity contribution is 0.257. The van der Waals surface area contributed by atoms with E-state index in [0.717, 1.165) is 12.3 Å². The zero-order valence-corrected chi connectivity index (χ0v) is 11.8. The highest BCUT2D eigenvalue weighted by Crippen LogP contribution is 2.35. The monoisotopic (exact) mass is 249 g/mol. The van der Waals surface area contributed by atoms with Gasteiger partial charge in [-0.15, -0.1) is 0 Å². The van der Waals surface area contributed by atoms with Gasteiger partial charge in [0, 0.05) is 18.3 Å². The van der Waals surface area contributed by atoms with Gasteiger partial charge in [-0.05, 0) is 38.0 Å². The van der Waals surface area contributed by atoms with E-state index in [4.69, 9.17) is 5.73 Å². The lowest BCUT2D eigenvalue weighted by atomic mass is 9.83. The molecule has 2 rings (SSSR count). The van der Waals surface area contributed by atoms with Crippen molar-refractivity contribution in [1.82, 2.24) is 9.55 Å². The maximum Gasteiger partial charge on any atom is 0.0951 e. The molecule has 3 heteroatoms. The van der Waals surface area contributed by atoms with Crippen molar-refractivity contribution in [3.8, 4) is 0 Å². The van der Waals surface area contributed by atoms with Crippen molar-refractivity contribution in [3.05, 3.63) is 18.2 Å². The molecule has 1 aromatic heterocycles. The Morgan fingerprint density at radius 3 is 2.67 bits per heavy atom. The topological polar surface area (TPSA) is 43.8 Å². The summed E-state index contributed by atoms with van der Waals surface area (Å²) in [7, 11) is 0. The van der Waals surface area contributed by atoms with Crippen molar-refractivity contribution in [1.29, 1.82) is 0 Å². The molecule has 0 spiro atoms. The molecule has 1 heterocycles. The molecular formula is C15H27N3. The maximum absolute atomic E-state index is 6.16. The van der Waals surface area contributed by atoms with Crippen LogP contribution in [0.2, 0.25) is 0 Å². The zero-order chi connectivity index (χ0) is 13.0. The van der Waals surface area contributed by atoms with Crippen molar-refractivity contribution in [2.45, 2.75) is 70.9 Å². The SMILES string of the molecule is CCCC1CCC(n2cncc2[C@H](N)CC)CC1. The molecule has 0 saturated heterocycles. The van der Waals surface area contributed by atoms with Crippen LogP contribution in [0.5, 0.6) is 0 Å². The Bertz CT molecular complexity index is 350. The summed E-state index contributed by atoms with van der Waals surface area (Å²) >= 11 is 0. The summed E-state index contributed by atoms with van der Waals surface area (Å²) in [6.45, 7) is 4.43. The van der Waals surface area contributed by atoms with Crippen molar-refractivity contribution < 1.29 is 0 Å². The Labute approximate surface area is 111 Å². The molecule has 1 atom stereocenters. The van der Waals surface area contributed by atoms with E-state index in [1.807, 2.05) is 12.5 Å². The molecule has 3 nitrogen and oxygen atoms in total. The van der Waals surface area contributed by atoms with Crippen molar-refractivity contribution >= 4 is 0 Å². The average molecular weight is 249 g/mol. The number of aromatic nitrogens is 2. The first-order valence-electron chi connectivity index (χ1n) is 7.53. The zero-order valence-electron chi connectivity index (χ0n) is 11.8. The van der Waals surface area contributed by atoms with Crippen LogP contribution in [0, 0.1) is 5.92 Å². The van der Waals surface area contributed by atoms with Gasteiger partial charge in [0.1, 0.15) is 0 Å². The lowest BCUT2D eigenvalue weighted by Gasteiger charge is -2.31. The first kappa shape index (κ1) is 13.6. The first-order chi connectivity index (χ1) is 8.76. The summed E-state index contributed by atoms with van der Waals surface area (Å²) in [6, 6.07) is 0.772. The van der Waals surface area contributed by atoms with Gasteiger partial charge in [0.25, 0.3) is 0 Å². The van der Waals surface area contributed by atoms with Gasteiger partial charge < -0.3 is 10.3 Å². The van der Waals surface area contributed by atoms with Crippen LogP contribution in [0.4, 0.5) is 0 Å². The molecule has 0 aliphatic heterocycles. The van der Waals surface area contributed by atoms with Gasteiger partial charge in [0.05, 0.1) is 12.0 Å². The van der Waals surface area contributed by atoms with E-state index in [2.05, 4.69) is 23.4 Å². The second-order valence-corrected chi connectivity index (χ2v) is 5.70.